The molecule has 1 saturated carbocycles. The van der Waals surface area contributed by atoms with E-state index in [0.29, 0.717) is 33.8 Å². The van der Waals surface area contributed by atoms with Gasteiger partial charge in [0.05, 0.1) is 11.9 Å². The summed E-state index contributed by atoms with van der Waals surface area (Å²) in [7, 11) is 0. The summed E-state index contributed by atoms with van der Waals surface area (Å²) in [5.41, 5.74) is 2.73. The number of fused-ring (bicyclic) bond motifs is 1. The molecule has 0 aliphatic heterocycles. The maximum Gasteiger partial charge on any atom is 0.345 e. The SMILES string of the molecule is C=c1[nH]c(=O)/c(=C/c2cnn3c(NC4CC4)cc(-c4csc(C(=O)O)c4)nc23)[nH]1. The van der Waals surface area contributed by atoms with Crippen LogP contribution in [0.1, 0.15) is 28.1 Å². The van der Waals surface area contributed by atoms with E-state index < -0.39 is 5.97 Å². The van der Waals surface area contributed by atoms with Gasteiger partial charge in [0, 0.05) is 28.6 Å². The van der Waals surface area contributed by atoms with Gasteiger partial charge in [-0.2, -0.15) is 9.61 Å². The summed E-state index contributed by atoms with van der Waals surface area (Å²) in [5, 5.41) is 19.2. The molecule has 4 aromatic heterocycles. The Balaban J connectivity index is 1.70. The number of thiophene rings is 1. The third-order valence-corrected chi connectivity index (χ3v) is 5.55. The number of aromatic carboxylic acids is 1. The fraction of sp³-hybridized carbons (Fsp3) is 0.158. The molecule has 0 aromatic carbocycles. The number of aromatic amines is 2. The van der Waals surface area contributed by atoms with Crippen molar-refractivity contribution in [2.45, 2.75) is 18.9 Å². The number of hydrogen-bond acceptors (Lipinski definition) is 6. The van der Waals surface area contributed by atoms with Crippen molar-refractivity contribution in [2.24, 2.45) is 0 Å². The van der Waals surface area contributed by atoms with Gasteiger partial charge >= 0.3 is 5.97 Å². The van der Waals surface area contributed by atoms with Crippen LogP contribution in [0.15, 0.2) is 28.5 Å². The van der Waals surface area contributed by atoms with Gasteiger partial charge in [0.25, 0.3) is 5.56 Å². The third kappa shape index (κ3) is 3.23. The van der Waals surface area contributed by atoms with E-state index in [-0.39, 0.29) is 10.4 Å². The average molecular weight is 408 g/mol. The number of rotatable bonds is 5. The highest BCUT2D eigenvalue weighted by atomic mass is 32.1. The lowest BCUT2D eigenvalue weighted by Crippen LogP contribution is -2.22. The minimum absolute atomic E-state index is 0.250. The molecule has 10 heteroatoms. The van der Waals surface area contributed by atoms with Gasteiger partial charge in [-0.1, -0.05) is 6.58 Å². The third-order valence-electron chi connectivity index (χ3n) is 4.63. The van der Waals surface area contributed by atoms with Crippen molar-refractivity contribution < 1.29 is 9.90 Å². The number of carboxylic acids is 1. The second-order valence-corrected chi connectivity index (χ2v) is 7.81. The molecule has 4 heterocycles. The molecule has 4 aromatic rings. The monoisotopic (exact) mass is 408 g/mol. The van der Waals surface area contributed by atoms with Crippen molar-refractivity contribution in [1.82, 2.24) is 24.6 Å². The Kier molecular flexibility index (Phi) is 3.88. The molecular weight excluding hydrogens is 392 g/mol. The molecule has 0 atom stereocenters. The summed E-state index contributed by atoms with van der Waals surface area (Å²) in [4.78, 5) is 33.7. The van der Waals surface area contributed by atoms with Crippen LogP contribution in [0, 0.1) is 0 Å². The fourth-order valence-electron chi connectivity index (χ4n) is 3.06. The molecule has 1 aliphatic rings. The van der Waals surface area contributed by atoms with Gasteiger partial charge in [0.2, 0.25) is 0 Å². The Bertz CT molecular complexity index is 1420. The first kappa shape index (κ1) is 17.4. The van der Waals surface area contributed by atoms with E-state index in [2.05, 4.69) is 27.0 Å². The highest BCUT2D eigenvalue weighted by Gasteiger charge is 2.23. The molecule has 9 nitrogen and oxygen atoms in total. The van der Waals surface area contributed by atoms with Crippen LogP contribution in [0.3, 0.4) is 0 Å². The van der Waals surface area contributed by atoms with Gasteiger partial charge in [-0.3, -0.25) is 4.79 Å². The molecular formula is C19H16N6O3S. The normalized spacial score (nSPS) is 14.6. The second-order valence-electron chi connectivity index (χ2n) is 6.90. The van der Waals surface area contributed by atoms with Crippen molar-refractivity contribution in [3.63, 3.8) is 0 Å². The first-order valence-corrected chi connectivity index (χ1v) is 9.82. The maximum atomic E-state index is 12.0. The molecule has 0 radical (unpaired) electrons. The summed E-state index contributed by atoms with van der Waals surface area (Å²) in [6, 6.07) is 3.87. The molecule has 29 heavy (non-hydrogen) atoms. The van der Waals surface area contributed by atoms with Gasteiger partial charge in [0.15, 0.2) is 5.65 Å². The van der Waals surface area contributed by atoms with Crippen molar-refractivity contribution >= 4 is 41.4 Å². The molecule has 4 N–H and O–H groups in total. The van der Waals surface area contributed by atoms with E-state index in [1.54, 1.807) is 28.2 Å². The first-order chi connectivity index (χ1) is 14.0. The van der Waals surface area contributed by atoms with Crippen molar-refractivity contribution in [3.8, 4) is 11.3 Å². The van der Waals surface area contributed by atoms with Crippen LogP contribution in [-0.4, -0.2) is 41.7 Å². The zero-order chi connectivity index (χ0) is 20.1. The van der Waals surface area contributed by atoms with E-state index in [1.165, 1.54) is 0 Å². The van der Waals surface area contributed by atoms with Crippen molar-refractivity contribution in [1.29, 1.82) is 0 Å². The average Bonchev–Trinajstić information content (AvgIpc) is 3.08. The lowest BCUT2D eigenvalue weighted by Gasteiger charge is -2.09. The van der Waals surface area contributed by atoms with E-state index in [0.717, 1.165) is 35.6 Å². The molecule has 0 spiro atoms. The molecule has 1 aliphatic carbocycles. The van der Waals surface area contributed by atoms with Gasteiger partial charge in [0.1, 0.15) is 21.5 Å². The van der Waals surface area contributed by atoms with Gasteiger partial charge in [-0.25, -0.2) is 9.78 Å². The van der Waals surface area contributed by atoms with Crippen LogP contribution in [0.25, 0.3) is 29.6 Å². The Morgan fingerprint density at radius 3 is 2.86 bits per heavy atom. The fourth-order valence-corrected chi connectivity index (χ4v) is 3.80. The Hall–Kier alpha value is -3.66. The number of carbonyl (C=O) groups is 1. The molecule has 0 saturated heterocycles. The Labute approximate surface area is 167 Å². The van der Waals surface area contributed by atoms with Crippen LogP contribution >= 0.6 is 11.3 Å². The summed E-state index contributed by atoms with van der Waals surface area (Å²) in [6.45, 7) is 3.69. The highest BCUT2D eigenvalue weighted by Crippen LogP contribution is 2.30. The predicted molar refractivity (Wildman–Crippen MR) is 110 cm³/mol. The van der Waals surface area contributed by atoms with E-state index in [4.69, 9.17) is 4.98 Å². The van der Waals surface area contributed by atoms with E-state index in [9.17, 15) is 14.7 Å². The molecule has 0 bridgehead atoms. The van der Waals surface area contributed by atoms with E-state index >= 15 is 0 Å². The van der Waals surface area contributed by atoms with Gasteiger partial charge in [-0.15, -0.1) is 11.3 Å². The Morgan fingerprint density at radius 1 is 1.38 bits per heavy atom. The second kappa shape index (κ2) is 6.45. The smallest absolute Gasteiger partial charge is 0.345 e. The number of anilines is 1. The van der Waals surface area contributed by atoms with Gasteiger partial charge < -0.3 is 20.4 Å². The molecule has 5 rings (SSSR count). The van der Waals surface area contributed by atoms with Crippen LogP contribution in [-0.2, 0) is 0 Å². The Morgan fingerprint density at radius 2 is 2.21 bits per heavy atom. The zero-order valence-electron chi connectivity index (χ0n) is 15.1. The van der Waals surface area contributed by atoms with Crippen LogP contribution in [0.5, 0.6) is 0 Å². The molecule has 1 fully saturated rings. The maximum absolute atomic E-state index is 12.0. The largest absolute Gasteiger partial charge is 0.477 e. The number of nitrogens with zero attached hydrogens (tertiary/aromatic N) is 3. The lowest BCUT2D eigenvalue weighted by molar-refractivity contribution is 0.0702. The summed E-state index contributed by atoms with van der Waals surface area (Å²) in [5.74, 6) is -0.194. The predicted octanol–water partition coefficient (Wildman–Crippen LogP) is 0.986. The number of nitrogens with one attached hydrogen (secondary N) is 3. The molecule has 0 unspecified atom stereocenters. The van der Waals surface area contributed by atoms with Crippen LogP contribution in [0.4, 0.5) is 5.82 Å². The van der Waals surface area contributed by atoms with Crippen molar-refractivity contribution in [2.75, 3.05) is 5.32 Å². The number of H-pyrrole nitrogens is 2. The summed E-state index contributed by atoms with van der Waals surface area (Å²) < 4.78 is 1.69. The van der Waals surface area contributed by atoms with Crippen LogP contribution < -0.4 is 21.7 Å². The number of imidazole rings is 1. The van der Waals surface area contributed by atoms with Crippen molar-refractivity contribution in [3.05, 3.63) is 55.3 Å². The number of aromatic nitrogens is 5. The summed E-state index contributed by atoms with van der Waals surface area (Å²) in [6.07, 6.45) is 5.49. The van der Waals surface area contributed by atoms with E-state index in [1.807, 2.05) is 6.07 Å². The van der Waals surface area contributed by atoms with Crippen LogP contribution in [0.2, 0.25) is 0 Å². The first-order valence-electron chi connectivity index (χ1n) is 8.94. The zero-order valence-corrected chi connectivity index (χ0v) is 15.9. The van der Waals surface area contributed by atoms with Gasteiger partial charge in [-0.05, 0) is 25.0 Å². The molecule has 146 valence electrons. The minimum Gasteiger partial charge on any atom is -0.477 e. The molecule has 0 amide bonds. The minimum atomic E-state index is -0.966. The standard InChI is InChI=1S/C19H16N6O3S/c1-9-21-14(18(26)22-9)4-10-7-20-25-16(23-12-2-3-12)6-13(24-17(10)25)11-5-15(19(27)28)29-8-11/h4-8,12,21,23H,1-3H2,(H,22,26)(H,27,28)/b14-4-. The highest BCUT2D eigenvalue weighted by molar-refractivity contribution is 7.12. The topological polar surface area (TPSA) is 128 Å². The number of hydrogen-bond donors (Lipinski definition) is 4. The summed E-state index contributed by atoms with van der Waals surface area (Å²) >= 11 is 1.16. The quantitative estimate of drug-likeness (QED) is 0.390. The number of carboxylic acid groups (broad SMARTS) is 1. The lowest BCUT2D eigenvalue weighted by atomic mass is 10.2.